The van der Waals surface area contributed by atoms with E-state index in [1.807, 2.05) is 0 Å². The lowest BCUT2D eigenvalue weighted by Crippen LogP contribution is -2.09. The summed E-state index contributed by atoms with van der Waals surface area (Å²) in [7, 11) is 1.26. The minimum absolute atomic E-state index is 0.231. The first-order valence-corrected chi connectivity index (χ1v) is 4.79. The number of esters is 1. The van der Waals surface area contributed by atoms with E-state index in [1.54, 1.807) is 6.07 Å². The van der Waals surface area contributed by atoms with Crippen LogP contribution in [0.2, 0.25) is 0 Å². The zero-order valence-corrected chi connectivity index (χ0v) is 9.25. The normalized spacial score (nSPS) is 10.2. The van der Waals surface area contributed by atoms with Crippen molar-refractivity contribution >= 4 is 5.97 Å². The molecule has 1 aromatic rings. The van der Waals surface area contributed by atoms with E-state index in [4.69, 9.17) is 5.90 Å². The van der Waals surface area contributed by atoms with Gasteiger partial charge >= 0.3 is 5.97 Å². The molecule has 5 heteroatoms. The van der Waals surface area contributed by atoms with E-state index in [9.17, 15) is 9.18 Å². The van der Waals surface area contributed by atoms with E-state index in [0.29, 0.717) is 12.0 Å². The van der Waals surface area contributed by atoms with Gasteiger partial charge < -0.3 is 9.57 Å². The molecule has 0 bridgehead atoms. The maximum absolute atomic E-state index is 13.5. The summed E-state index contributed by atoms with van der Waals surface area (Å²) in [5.74, 6) is 3.90. The van der Waals surface area contributed by atoms with E-state index in [0.717, 1.165) is 0 Å². The van der Waals surface area contributed by atoms with Crippen LogP contribution in [0.1, 0.15) is 21.5 Å². The van der Waals surface area contributed by atoms with Gasteiger partial charge in [0, 0.05) is 0 Å². The average Bonchev–Trinajstić information content (AvgIpc) is 2.29. The Bertz CT molecular complexity index is 393. The monoisotopic (exact) mass is 227 g/mol. The van der Waals surface area contributed by atoms with Gasteiger partial charge in [0.1, 0.15) is 5.82 Å². The molecule has 0 amide bonds. The van der Waals surface area contributed by atoms with Crippen molar-refractivity contribution in [2.45, 2.75) is 13.3 Å². The first kappa shape index (κ1) is 12.6. The number of carbonyl (C=O) groups is 1. The smallest absolute Gasteiger partial charge is 0.338 e. The number of methoxy groups -OCH3 is 1. The van der Waals surface area contributed by atoms with Gasteiger partial charge in [0.2, 0.25) is 0 Å². The van der Waals surface area contributed by atoms with Gasteiger partial charge in [0.05, 0.1) is 19.3 Å². The number of benzene rings is 1. The lowest BCUT2D eigenvalue weighted by Gasteiger charge is -2.08. The van der Waals surface area contributed by atoms with Gasteiger partial charge in [-0.05, 0) is 36.6 Å². The molecule has 0 unspecified atom stereocenters. The van der Waals surface area contributed by atoms with Crippen LogP contribution in [0.3, 0.4) is 0 Å². The summed E-state index contributed by atoms with van der Waals surface area (Å²) in [4.78, 5) is 15.8. The summed E-state index contributed by atoms with van der Waals surface area (Å²) in [5.41, 5.74) is 1.16. The molecule has 0 heterocycles. The Labute approximate surface area is 93.1 Å². The van der Waals surface area contributed by atoms with Gasteiger partial charge in [-0.25, -0.2) is 15.1 Å². The molecule has 0 aliphatic rings. The van der Waals surface area contributed by atoms with Gasteiger partial charge in [0.25, 0.3) is 0 Å². The molecular weight excluding hydrogens is 213 g/mol. The second kappa shape index (κ2) is 5.58. The molecule has 0 saturated carbocycles. The van der Waals surface area contributed by atoms with Crippen molar-refractivity contribution in [1.82, 2.24) is 0 Å². The Kier molecular flexibility index (Phi) is 4.39. The number of carbonyl (C=O) groups excluding carboxylic acids is 1. The molecule has 0 fully saturated rings. The van der Waals surface area contributed by atoms with E-state index in [1.165, 1.54) is 20.1 Å². The molecule has 0 aliphatic heterocycles. The Morgan fingerprint density at radius 2 is 2.19 bits per heavy atom. The Morgan fingerprint density at radius 3 is 2.75 bits per heavy atom. The zero-order valence-electron chi connectivity index (χ0n) is 9.25. The van der Waals surface area contributed by atoms with E-state index in [-0.39, 0.29) is 17.7 Å². The second-order valence-electron chi connectivity index (χ2n) is 3.36. The van der Waals surface area contributed by atoms with Crippen molar-refractivity contribution in [1.29, 1.82) is 0 Å². The number of nitrogens with two attached hydrogens (primary N) is 1. The molecule has 0 spiro atoms. The van der Waals surface area contributed by atoms with Gasteiger partial charge in [-0.2, -0.15) is 0 Å². The molecule has 2 N–H and O–H groups in total. The molecule has 0 saturated heterocycles. The molecular formula is C11H14FNO3. The van der Waals surface area contributed by atoms with Gasteiger partial charge in [-0.15, -0.1) is 0 Å². The molecule has 88 valence electrons. The molecule has 0 radical (unpaired) electrons. The maximum atomic E-state index is 13.5. The summed E-state index contributed by atoms with van der Waals surface area (Å²) < 4.78 is 18.1. The minimum atomic E-state index is -0.549. The van der Waals surface area contributed by atoms with Crippen LogP contribution < -0.4 is 5.90 Å². The van der Waals surface area contributed by atoms with E-state index in [2.05, 4.69) is 9.57 Å². The van der Waals surface area contributed by atoms with Crippen LogP contribution in [0.15, 0.2) is 12.1 Å². The van der Waals surface area contributed by atoms with Gasteiger partial charge in [0.15, 0.2) is 0 Å². The lowest BCUT2D eigenvalue weighted by molar-refractivity contribution is 0.0599. The van der Waals surface area contributed by atoms with Crippen molar-refractivity contribution in [3.8, 4) is 0 Å². The summed E-state index contributed by atoms with van der Waals surface area (Å²) >= 11 is 0. The molecule has 0 atom stereocenters. The van der Waals surface area contributed by atoms with Crippen LogP contribution in [0.25, 0.3) is 0 Å². The molecule has 4 nitrogen and oxygen atoms in total. The minimum Gasteiger partial charge on any atom is -0.465 e. The van der Waals surface area contributed by atoms with Crippen LogP contribution in [-0.2, 0) is 16.0 Å². The van der Waals surface area contributed by atoms with E-state index < -0.39 is 11.8 Å². The third-order valence-corrected chi connectivity index (χ3v) is 2.32. The topological polar surface area (TPSA) is 61.5 Å². The molecule has 16 heavy (non-hydrogen) atoms. The van der Waals surface area contributed by atoms with Crippen LogP contribution >= 0.6 is 0 Å². The number of ether oxygens (including phenoxy) is 1. The number of halogens is 1. The average molecular weight is 227 g/mol. The van der Waals surface area contributed by atoms with Crippen molar-refractivity contribution in [3.63, 3.8) is 0 Å². The van der Waals surface area contributed by atoms with Gasteiger partial charge in [-0.3, -0.25) is 0 Å². The highest BCUT2D eigenvalue weighted by atomic mass is 19.1. The van der Waals surface area contributed by atoms with Crippen molar-refractivity contribution < 1.29 is 18.8 Å². The SMILES string of the molecule is COC(=O)c1cc(CCON)cc(F)c1C. The Hall–Kier alpha value is -1.46. The van der Waals surface area contributed by atoms with Crippen LogP contribution in [-0.4, -0.2) is 19.7 Å². The first-order chi connectivity index (χ1) is 7.60. The van der Waals surface area contributed by atoms with Crippen LogP contribution in [0.4, 0.5) is 4.39 Å². The first-order valence-electron chi connectivity index (χ1n) is 4.79. The third kappa shape index (κ3) is 2.77. The van der Waals surface area contributed by atoms with Gasteiger partial charge in [-0.1, -0.05) is 0 Å². The fourth-order valence-electron chi connectivity index (χ4n) is 1.38. The molecule has 1 aromatic carbocycles. The highest BCUT2D eigenvalue weighted by Crippen LogP contribution is 2.17. The van der Waals surface area contributed by atoms with Crippen molar-refractivity contribution in [3.05, 3.63) is 34.6 Å². The van der Waals surface area contributed by atoms with E-state index >= 15 is 0 Å². The Balaban J connectivity index is 3.06. The summed E-state index contributed by atoms with van der Waals surface area (Å²) in [6.45, 7) is 1.80. The largest absolute Gasteiger partial charge is 0.465 e. The predicted octanol–water partition coefficient (Wildman–Crippen LogP) is 1.35. The number of rotatable bonds is 4. The standard InChI is InChI=1S/C11H14FNO3/c1-7-9(11(14)15-2)5-8(3-4-16-13)6-10(7)12/h5-6H,3-4,13H2,1-2H3. The van der Waals surface area contributed by atoms with Crippen molar-refractivity contribution in [2.24, 2.45) is 5.90 Å². The molecule has 1 rings (SSSR count). The lowest BCUT2D eigenvalue weighted by atomic mass is 10.0. The number of hydrogen-bond donors (Lipinski definition) is 1. The molecule has 0 aromatic heterocycles. The molecule has 0 aliphatic carbocycles. The maximum Gasteiger partial charge on any atom is 0.338 e. The number of hydrogen-bond acceptors (Lipinski definition) is 4. The highest BCUT2D eigenvalue weighted by molar-refractivity contribution is 5.91. The zero-order chi connectivity index (χ0) is 12.1. The quantitative estimate of drug-likeness (QED) is 0.623. The predicted molar refractivity (Wildman–Crippen MR) is 56.3 cm³/mol. The van der Waals surface area contributed by atoms with Crippen LogP contribution in [0, 0.1) is 12.7 Å². The second-order valence-corrected chi connectivity index (χ2v) is 3.36. The third-order valence-electron chi connectivity index (χ3n) is 2.32. The van der Waals surface area contributed by atoms with Crippen LogP contribution in [0.5, 0.6) is 0 Å². The van der Waals surface area contributed by atoms with Crippen molar-refractivity contribution in [2.75, 3.05) is 13.7 Å². The summed E-state index contributed by atoms with van der Waals surface area (Å²) in [6, 6.07) is 2.95. The fourth-order valence-corrected chi connectivity index (χ4v) is 1.38. The fraction of sp³-hybridized carbons (Fsp3) is 0.364. The summed E-state index contributed by atoms with van der Waals surface area (Å²) in [5, 5.41) is 0. The summed E-state index contributed by atoms with van der Waals surface area (Å²) in [6.07, 6.45) is 0.442. The Morgan fingerprint density at radius 1 is 1.50 bits per heavy atom. The highest BCUT2D eigenvalue weighted by Gasteiger charge is 2.14.